The van der Waals surface area contributed by atoms with Gasteiger partial charge in [-0.25, -0.2) is 13.5 Å². The van der Waals surface area contributed by atoms with E-state index in [1.54, 1.807) is 0 Å². The van der Waals surface area contributed by atoms with Gasteiger partial charge in [0.1, 0.15) is 29.4 Å². The van der Waals surface area contributed by atoms with Gasteiger partial charge >= 0.3 is 18.1 Å². The number of tetrazole rings is 1. The predicted molar refractivity (Wildman–Crippen MR) is 133 cm³/mol. The molecule has 0 saturated carbocycles. The maximum Gasteiger partial charge on any atom is 0.422 e. The number of nitrogens with two attached hydrogens (primary N) is 1. The van der Waals surface area contributed by atoms with Crippen molar-refractivity contribution < 1.29 is 45.0 Å². The Morgan fingerprint density at radius 3 is 2.19 bits per heavy atom. The summed E-state index contributed by atoms with van der Waals surface area (Å²) in [5, 5.41) is 10.2. The van der Waals surface area contributed by atoms with Gasteiger partial charge in [0, 0.05) is 23.4 Å². The highest BCUT2D eigenvalue weighted by Gasteiger charge is 2.62. The second-order valence-electron chi connectivity index (χ2n) is 8.57. The van der Waals surface area contributed by atoms with Crippen molar-refractivity contribution in [2.45, 2.75) is 24.2 Å². The molecular formula is C25H20ClF7N6O3. The Kier molecular flexibility index (Phi) is 9.73. The molecule has 2 N–H and O–H groups in total. The first-order valence-corrected chi connectivity index (χ1v) is 11.6. The van der Waals surface area contributed by atoms with Crippen LogP contribution in [0.3, 0.4) is 0 Å². The number of benzene rings is 2. The van der Waals surface area contributed by atoms with Crippen molar-refractivity contribution in [3.05, 3.63) is 90.0 Å². The monoisotopic (exact) mass is 620 g/mol. The Bertz CT molecular complexity index is 1490. The smallest absolute Gasteiger partial charge is 0.422 e. The van der Waals surface area contributed by atoms with Crippen molar-refractivity contribution in [2.75, 3.05) is 13.2 Å². The Labute approximate surface area is 238 Å². The number of esters is 1. The molecule has 2 heterocycles. The van der Waals surface area contributed by atoms with Crippen LogP contribution in [0.2, 0.25) is 0 Å². The Morgan fingerprint density at radius 2 is 1.64 bits per heavy atom. The molecule has 1 atom stereocenters. The molecule has 42 heavy (non-hydrogen) atoms. The van der Waals surface area contributed by atoms with Gasteiger partial charge in [-0.3, -0.25) is 9.78 Å². The summed E-state index contributed by atoms with van der Waals surface area (Å²) in [6, 6.07) is 9.13. The molecule has 0 spiro atoms. The Hall–Kier alpha value is -4.31. The number of halogens is 8. The van der Waals surface area contributed by atoms with Crippen molar-refractivity contribution in [2.24, 2.45) is 5.73 Å². The maximum atomic E-state index is 16.5. The summed E-state index contributed by atoms with van der Waals surface area (Å²) in [7, 11) is 0. The van der Waals surface area contributed by atoms with Crippen LogP contribution in [-0.4, -0.2) is 50.5 Å². The highest BCUT2D eigenvalue weighted by molar-refractivity contribution is 5.85. The van der Waals surface area contributed by atoms with Crippen LogP contribution in [0.15, 0.2) is 67.1 Å². The average Bonchev–Trinajstić information content (AvgIpc) is 3.44. The fraction of sp³-hybridized carbons (Fsp3) is 0.240. The van der Waals surface area contributed by atoms with Crippen LogP contribution in [0.5, 0.6) is 5.75 Å². The van der Waals surface area contributed by atoms with Gasteiger partial charge in [0.05, 0.1) is 13.1 Å². The number of nitrogens with zero attached hydrogens (tertiary/aromatic N) is 5. The van der Waals surface area contributed by atoms with Crippen LogP contribution >= 0.6 is 12.4 Å². The fourth-order valence-corrected chi connectivity index (χ4v) is 3.90. The van der Waals surface area contributed by atoms with Crippen molar-refractivity contribution in [3.63, 3.8) is 0 Å². The quantitative estimate of drug-likeness (QED) is 0.203. The standard InChI is InChI=1S/C25H19F7N6O3.ClH/c26-17-4-7-19(20(27)9-17)23(41-22(39)10-33,12-38-14-35-36-37-38)25(31,32)21-8-3-16(11-34-21)15-1-5-18(6-2-15)40-13-24(28,29)30;/h1-9,11,14H,10,12-13,33H2;1H. The molecule has 0 amide bonds. The van der Waals surface area contributed by atoms with Gasteiger partial charge in [-0.1, -0.05) is 18.2 Å². The van der Waals surface area contributed by atoms with Crippen molar-refractivity contribution in [3.8, 4) is 16.9 Å². The summed E-state index contributed by atoms with van der Waals surface area (Å²) < 4.78 is 109. The highest BCUT2D eigenvalue weighted by atomic mass is 35.5. The largest absolute Gasteiger partial charge is 0.484 e. The Morgan fingerprint density at radius 1 is 0.952 bits per heavy atom. The van der Waals surface area contributed by atoms with Crippen LogP contribution in [0.25, 0.3) is 11.1 Å². The van der Waals surface area contributed by atoms with Gasteiger partial charge in [-0.2, -0.15) is 22.0 Å². The van der Waals surface area contributed by atoms with E-state index in [2.05, 4.69) is 25.2 Å². The lowest BCUT2D eigenvalue weighted by Crippen LogP contribution is -2.52. The first-order chi connectivity index (χ1) is 19.3. The molecule has 0 aliphatic heterocycles. The zero-order valence-electron chi connectivity index (χ0n) is 21.1. The van der Waals surface area contributed by atoms with Crippen LogP contribution in [-0.2, 0) is 27.6 Å². The van der Waals surface area contributed by atoms with Gasteiger partial charge in [0.15, 0.2) is 6.61 Å². The number of pyridine rings is 1. The molecule has 4 rings (SSSR count). The summed E-state index contributed by atoms with van der Waals surface area (Å²) in [6.45, 7) is -3.37. The lowest BCUT2D eigenvalue weighted by molar-refractivity contribution is -0.231. The van der Waals surface area contributed by atoms with E-state index in [9.17, 15) is 22.4 Å². The molecule has 2 aromatic heterocycles. The molecule has 4 aromatic rings. The SMILES string of the molecule is Cl.NCC(=O)OC(Cn1cnnn1)(c1ccc(F)cc1F)C(F)(F)c1ccc(-c2ccc(OCC(F)(F)F)cc2)cn1. The number of alkyl halides is 5. The lowest BCUT2D eigenvalue weighted by Gasteiger charge is -2.39. The van der Waals surface area contributed by atoms with E-state index in [4.69, 9.17) is 10.5 Å². The normalized spacial score (nSPS) is 13.1. The fourth-order valence-electron chi connectivity index (χ4n) is 3.90. The zero-order valence-corrected chi connectivity index (χ0v) is 21.9. The van der Waals surface area contributed by atoms with Crippen LogP contribution < -0.4 is 10.5 Å². The number of rotatable bonds is 10. The molecule has 17 heteroatoms. The minimum absolute atomic E-state index is 0. The number of hydrogen-bond acceptors (Lipinski definition) is 8. The molecular weight excluding hydrogens is 601 g/mol. The van der Waals surface area contributed by atoms with Crippen molar-refractivity contribution >= 4 is 18.4 Å². The summed E-state index contributed by atoms with van der Waals surface area (Å²) >= 11 is 0. The molecule has 0 saturated heterocycles. The minimum atomic E-state index is -4.53. The summed E-state index contributed by atoms with van der Waals surface area (Å²) in [5.74, 6) is -8.24. The van der Waals surface area contributed by atoms with Crippen LogP contribution in [0.1, 0.15) is 11.3 Å². The van der Waals surface area contributed by atoms with E-state index in [0.29, 0.717) is 23.8 Å². The van der Waals surface area contributed by atoms with Gasteiger partial charge in [-0.05, 0) is 46.3 Å². The zero-order chi connectivity index (χ0) is 29.8. The van der Waals surface area contributed by atoms with E-state index in [-0.39, 0.29) is 23.7 Å². The van der Waals surface area contributed by atoms with Crippen molar-refractivity contribution in [1.29, 1.82) is 0 Å². The number of carbonyl (C=O) groups is 1. The van der Waals surface area contributed by atoms with Gasteiger partial charge in [-0.15, -0.1) is 17.5 Å². The summed E-state index contributed by atoms with van der Waals surface area (Å²) in [5.41, 5.74) is 0.914. The first-order valence-electron chi connectivity index (χ1n) is 11.6. The van der Waals surface area contributed by atoms with Crippen LogP contribution in [0, 0.1) is 11.6 Å². The number of aromatic nitrogens is 5. The van der Waals surface area contributed by atoms with E-state index in [1.807, 2.05) is 0 Å². The van der Waals surface area contributed by atoms with E-state index < -0.39 is 66.3 Å². The predicted octanol–water partition coefficient (Wildman–Crippen LogP) is 4.57. The van der Waals surface area contributed by atoms with Gasteiger partial charge in [0.2, 0.25) is 5.60 Å². The summed E-state index contributed by atoms with van der Waals surface area (Å²) in [6.07, 6.45) is -2.58. The number of hydrogen-bond donors (Lipinski definition) is 1. The van der Waals surface area contributed by atoms with E-state index >= 15 is 13.2 Å². The number of ether oxygens (including phenoxy) is 2. The summed E-state index contributed by atoms with van der Waals surface area (Å²) in [4.78, 5) is 16.1. The third kappa shape index (κ3) is 6.94. The molecule has 0 fully saturated rings. The number of carbonyl (C=O) groups excluding carboxylic acids is 1. The molecule has 9 nitrogen and oxygen atoms in total. The highest BCUT2D eigenvalue weighted by Crippen LogP contribution is 2.49. The third-order valence-corrected chi connectivity index (χ3v) is 5.78. The molecule has 0 radical (unpaired) electrons. The minimum Gasteiger partial charge on any atom is -0.484 e. The average molecular weight is 621 g/mol. The molecule has 0 aliphatic carbocycles. The second kappa shape index (κ2) is 12.7. The topological polar surface area (TPSA) is 118 Å². The maximum absolute atomic E-state index is 16.5. The third-order valence-electron chi connectivity index (χ3n) is 5.78. The van der Waals surface area contributed by atoms with Crippen LogP contribution in [0.4, 0.5) is 30.7 Å². The van der Waals surface area contributed by atoms with Crippen molar-refractivity contribution in [1.82, 2.24) is 25.2 Å². The van der Waals surface area contributed by atoms with Gasteiger partial charge < -0.3 is 15.2 Å². The lowest BCUT2D eigenvalue weighted by atomic mass is 9.84. The molecule has 224 valence electrons. The molecule has 2 aromatic carbocycles. The second-order valence-corrected chi connectivity index (χ2v) is 8.57. The van der Waals surface area contributed by atoms with E-state index in [0.717, 1.165) is 23.3 Å². The molecule has 1 unspecified atom stereocenters. The first kappa shape index (κ1) is 32.2. The molecule has 0 bridgehead atoms. The molecule has 0 aliphatic rings. The van der Waals surface area contributed by atoms with Gasteiger partial charge in [0.25, 0.3) is 0 Å². The van der Waals surface area contributed by atoms with E-state index in [1.165, 1.54) is 30.3 Å². The Balaban J connectivity index is 0.00000484.